The number of benzene rings is 1. The molecule has 1 aromatic carbocycles. The molecule has 0 unspecified atom stereocenters. The van der Waals surface area contributed by atoms with Gasteiger partial charge in [-0.05, 0) is 19.1 Å². The van der Waals surface area contributed by atoms with E-state index in [1.165, 1.54) is 0 Å². The van der Waals surface area contributed by atoms with E-state index in [0.29, 0.717) is 5.56 Å². The van der Waals surface area contributed by atoms with Crippen LogP contribution in [0.3, 0.4) is 0 Å². The quantitative estimate of drug-likeness (QED) is 0.821. The number of Topliss-reactive ketones (excluding diaryl/α,β-unsaturated/α-hetero) is 1. The van der Waals surface area contributed by atoms with Crippen LogP contribution in [-0.2, 0) is 9.84 Å². The van der Waals surface area contributed by atoms with Crippen molar-refractivity contribution in [1.82, 2.24) is 0 Å². The summed E-state index contributed by atoms with van der Waals surface area (Å²) in [6.07, 6.45) is 2.20. The number of nitrogens with one attached hydrogen (secondary N) is 1. The molecule has 0 saturated heterocycles. The maximum absolute atomic E-state index is 11.7. The summed E-state index contributed by atoms with van der Waals surface area (Å²) < 4.78 is 23.3. The van der Waals surface area contributed by atoms with E-state index in [2.05, 4.69) is 0 Å². The SMILES string of the molecule is Cc1ccc2c(c1)C(S(C)(=O)=O)=CC(=N)C2=O. The molecule has 0 saturated carbocycles. The average molecular weight is 249 g/mol. The molecular weight excluding hydrogens is 238 g/mol. The maximum atomic E-state index is 11.7. The lowest BCUT2D eigenvalue weighted by molar-refractivity contribution is 0.106. The minimum absolute atomic E-state index is 0.0424. The van der Waals surface area contributed by atoms with E-state index in [-0.39, 0.29) is 16.2 Å². The summed E-state index contributed by atoms with van der Waals surface area (Å²) in [6, 6.07) is 4.96. The molecule has 0 aromatic heterocycles. The second kappa shape index (κ2) is 3.63. The largest absolute Gasteiger partial charge is 0.297 e. The zero-order valence-electron chi connectivity index (χ0n) is 9.44. The van der Waals surface area contributed by atoms with E-state index in [0.717, 1.165) is 17.9 Å². The van der Waals surface area contributed by atoms with E-state index >= 15 is 0 Å². The molecule has 4 nitrogen and oxygen atoms in total. The number of rotatable bonds is 1. The number of fused-ring (bicyclic) bond motifs is 1. The lowest BCUT2D eigenvalue weighted by Crippen LogP contribution is -2.20. The Morgan fingerprint density at radius 1 is 1.18 bits per heavy atom. The van der Waals surface area contributed by atoms with Gasteiger partial charge in [0.05, 0.1) is 4.91 Å². The third kappa shape index (κ3) is 1.93. The van der Waals surface area contributed by atoms with E-state index < -0.39 is 15.6 Å². The number of allylic oxidation sites excluding steroid dienone is 1. The molecule has 0 spiro atoms. The van der Waals surface area contributed by atoms with E-state index in [9.17, 15) is 13.2 Å². The smallest absolute Gasteiger partial charge is 0.211 e. The summed E-state index contributed by atoms with van der Waals surface area (Å²) in [7, 11) is -3.44. The number of carbonyl (C=O) groups is 1. The molecule has 17 heavy (non-hydrogen) atoms. The molecule has 1 N–H and O–H groups in total. The van der Waals surface area contributed by atoms with Crippen molar-refractivity contribution in [2.24, 2.45) is 0 Å². The molecule has 0 aliphatic heterocycles. The third-order valence-electron chi connectivity index (χ3n) is 2.60. The lowest BCUT2D eigenvalue weighted by Gasteiger charge is -2.16. The fourth-order valence-corrected chi connectivity index (χ4v) is 2.69. The molecule has 0 fully saturated rings. The summed E-state index contributed by atoms with van der Waals surface area (Å²) in [5, 5.41) is 7.50. The summed E-state index contributed by atoms with van der Waals surface area (Å²) >= 11 is 0. The Morgan fingerprint density at radius 3 is 2.41 bits per heavy atom. The van der Waals surface area contributed by atoms with Gasteiger partial charge in [0.2, 0.25) is 5.78 Å². The van der Waals surface area contributed by atoms with Crippen LogP contribution in [0.15, 0.2) is 24.3 Å². The molecule has 1 aliphatic carbocycles. The molecule has 0 bridgehead atoms. The van der Waals surface area contributed by atoms with Crippen LogP contribution in [0.2, 0.25) is 0 Å². The van der Waals surface area contributed by atoms with Gasteiger partial charge in [0, 0.05) is 17.4 Å². The van der Waals surface area contributed by atoms with Crippen molar-refractivity contribution in [3.05, 3.63) is 41.0 Å². The van der Waals surface area contributed by atoms with Gasteiger partial charge in [0.1, 0.15) is 5.71 Å². The number of sulfone groups is 1. The molecule has 0 heterocycles. The van der Waals surface area contributed by atoms with Gasteiger partial charge < -0.3 is 0 Å². The van der Waals surface area contributed by atoms with Crippen molar-refractivity contribution < 1.29 is 13.2 Å². The molecular formula is C12H11NO3S. The Morgan fingerprint density at radius 2 is 1.82 bits per heavy atom. The second-order valence-electron chi connectivity index (χ2n) is 4.07. The Kier molecular flexibility index (Phi) is 2.50. The first-order valence-electron chi connectivity index (χ1n) is 4.97. The predicted molar refractivity (Wildman–Crippen MR) is 66.1 cm³/mol. The summed E-state index contributed by atoms with van der Waals surface area (Å²) in [5.41, 5.74) is 1.26. The van der Waals surface area contributed by atoms with Crippen molar-refractivity contribution in [1.29, 1.82) is 5.41 Å². The lowest BCUT2D eigenvalue weighted by atomic mass is 9.93. The Labute approximate surface area is 99.4 Å². The van der Waals surface area contributed by atoms with Crippen LogP contribution in [0.4, 0.5) is 0 Å². The van der Waals surface area contributed by atoms with Gasteiger partial charge in [0.15, 0.2) is 9.84 Å². The van der Waals surface area contributed by atoms with Crippen LogP contribution < -0.4 is 0 Å². The highest BCUT2D eigenvalue weighted by molar-refractivity contribution is 8.00. The highest BCUT2D eigenvalue weighted by Crippen LogP contribution is 2.29. The monoisotopic (exact) mass is 249 g/mol. The molecule has 0 radical (unpaired) electrons. The molecule has 1 aromatic rings. The van der Waals surface area contributed by atoms with Gasteiger partial charge in [0.25, 0.3) is 0 Å². The predicted octanol–water partition coefficient (Wildman–Crippen LogP) is 1.60. The first kappa shape index (κ1) is 11.7. The fourth-order valence-electron chi connectivity index (χ4n) is 1.79. The van der Waals surface area contributed by atoms with Gasteiger partial charge >= 0.3 is 0 Å². The maximum Gasteiger partial charge on any atom is 0.211 e. The van der Waals surface area contributed by atoms with Gasteiger partial charge in [-0.2, -0.15) is 0 Å². The van der Waals surface area contributed by atoms with Crippen LogP contribution in [0.25, 0.3) is 4.91 Å². The first-order valence-corrected chi connectivity index (χ1v) is 6.86. The van der Waals surface area contributed by atoms with Crippen molar-refractivity contribution in [2.45, 2.75) is 6.92 Å². The van der Waals surface area contributed by atoms with Crippen LogP contribution in [0, 0.1) is 12.3 Å². The molecule has 88 valence electrons. The molecule has 0 atom stereocenters. The second-order valence-corrected chi connectivity index (χ2v) is 6.06. The minimum atomic E-state index is -3.44. The highest BCUT2D eigenvalue weighted by atomic mass is 32.2. The van der Waals surface area contributed by atoms with Crippen LogP contribution in [0.5, 0.6) is 0 Å². The summed E-state index contributed by atoms with van der Waals surface area (Å²) in [6.45, 7) is 1.82. The van der Waals surface area contributed by atoms with Gasteiger partial charge in [-0.1, -0.05) is 17.7 Å². The Bertz CT molecular complexity index is 669. The Balaban J connectivity index is 2.82. The standard InChI is InChI=1S/C12H11NO3S/c1-7-3-4-8-9(5-7)11(17(2,15)16)6-10(13)12(8)14/h3-6,13H,1-2H3. The molecule has 1 aliphatic rings. The Hall–Kier alpha value is -1.75. The molecule has 5 heteroatoms. The highest BCUT2D eigenvalue weighted by Gasteiger charge is 2.27. The molecule has 0 amide bonds. The van der Waals surface area contributed by atoms with Crippen molar-refractivity contribution >= 4 is 26.2 Å². The van der Waals surface area contributed by atoms with Gasteiger partial charge in [-0.15, -0.1) is 0 Å². The third-order valence-corrected chi connectivity index (χ3v) is 3.74. The number of aryl methyl sites for hydroxylation is 1. The molecule has 2 rings (SSSR count). The minimum Gasteiger partial charge on any atom is -0.297 e. The number of carbonyl (C=O) groups excluding carboxylic acids is 1. The van der Waals surface area contributed by atoms with Gasteiger partial charge in [-0.25, -0.2) is 8.42 Å². The van der Waals surface area contributed by atoms with Crippen molar-refractivity contribution in [3.8, 4) is 0 Å². The van der Waals surface area contributed by atoms with Crippen LogP contribution in [0.1, 0.15) is 21.5 Å². The first-order chi connectivity index (χ1) is 7.80. The topological polar surface area (TPSA) is 75.1 Å². The van der Waals surface area contributed by atoms with E-state index in [1.807, 2.05) is 6.92 Å². The number of hydrogen-bond acceptors (Lipinski definition) is 4. The van der Waals surface area contributed by atoms with E-state index in [4.69, 9.17) is 5.41 Å². The van der Waals surface area contributed by atoms with Crippen LogP contribution >= 0.6 is 0 Å². The van der Waals surface area contributed by atoms with Crippen LogP contribution in [-0.4, -0.2) is 26.2 Å². The summed E-state index contributed by atoms with van der Waals surface area (Å²) in [4.78, 5) is 11.8. The van der Waals surface area contributed by atoms with E-state index in [1.54, 1.807) is 18.2 Å². The fraction of sp³-hybridized carbons (Fsp3) is 0.167. The number of ketones is 1. The number of hydrogen-bond donors (Lipinski definition) is 1. The average Bonchev–Trinajstić information content (AvgIpc) is 2.21. The zero-order valence-corrected chi connectivity index (χ0v) is 10.3. The van der Waals surface area contributed by atoms with Crippen molar-refractivity contribution in [2.75, 3.05) is 6.26 Å². The normalized spacial score (nSPS) is 15.5. The van der Waals surface area contributed by atoms with Gasteiger partial charge in [-0.3, -0.25) is 10.2 Å². The van der Waals surface area contributed by atoms with Crippen molar-refractivity contribution in [3.63, 3.8) is 0 Å². The summed E-state index contributed by atoms with van der Waals surface area (Å²) in [5.74, 6) is -0.438. The zero-order chi connectivity index (χ0) is 12.8.